The van der Waals surface area contributed by atoms with E-state index in [4.69, 9.17) is 4.84 Å². The van der Waals surface area contributed by atoms with E-state index < -0.39 is 23.8 Å². The molecule has 122 valence electrons. The lowest BCUT2D eigenvalue weighted by molar-refractivity contribution is -0.173. The predicted molar refractivity (Wildman–Crippen MR) is 89.0 cm³/mol. The van der Waals surface area contributed by atoms with Gasteiger partial charge < -0.3 is 4.84 Å². The van der Waals surface area contributed by atoms with Gasteiger partial charge in [0.15, 0.2) is 0 Å². The molecule has 2 aliphatic rings. The highest BCUT2D eigenvalue weighted by Crippen LogP contribution is 2.24. The molecule has 1 aromatic rings. The molecule has 23 heavy (non-hydrogen) atoms. The van der Waals surface area contributed by atoms with E-state index in [-0.39, 0.29) is 11.1 Å². The topological polar surface area (TPSA) is 66.9 Å². The number of rotatable bonds is 3. The Labute approximate surface area is 142 Å². The molecule has 1 unspecified atom stereocenters. The number of carbonyl (C=O) groups is 3. The Balaban J connectivity index is 1.68. The van der Waals surface area contributed by atoms with Crippen molar-refractivity contribution >= 4 is 41.3 Å². The molecule has 0 N–H and O–H groups in total. The zero-order chi connectivity index (χ0) is 16.4. The number of fused-ring (bicyclic) bond motifs is 1. The lowest BCUT2D eigenvalue weighted by Gasteiger charge is -2.25. The molecule has 2 aliphatic heterocycles. The summed E-state index contributed by atoms with van der Waals surface area (Å²) in [6.45, 7) is 1.73. The first kappa shape index (κ1) is 16.4. The van der Waals surface area contributed by atoms with E-state index in [1.165, 1.54) is 0 Å². The Morgan fingerprint density at radius 3 is 2.13 bits per heavy atom. The average molecular weight is 352 g/mol. The molecular weight excluding hydrogens is 336 g/mol. The lowest BCUT2D eigenvalue weighted by atomic mass is 10.1. The largest absolute Gasteiger partial charge is 0.349 e. The smallest absolute Gasteiger partial charge is 0.328 e. The number of hydrogen-bond donors (Lipinski definition) is 0. The summed E-state index contributed by atoms with van der Waals surface area (Å²) in [5, 5.41) is 0.571. The Bertz CT molecular complexity index is 609. The molecule has 6 nitrogen and oxygen atoms in total. The summed E-state index contributed by atoms with van der Waals surface area (Å²) in [5.74, 6) is 1.76. The predicted octanol–water partition coefficient (Wildman–Crippen LogP) is 1.83. The van der Waals surface area contributed by atoms with Crippen LogP contribution in [0.25, 0.3) is 0 Å². The molecule has 0 spiro atoms. The molecule has 0 radical (unpaired) electrons. The van der Waals surface area contributed by atoms with Crippen LogP contribution in [0.4, 0.5) is 0 Å². The van der Waals surface area contributed by atoms with Gasteiger partial charge in [-0.3, -0.25) is 14.5 Å². The number of hydrogen-bond acceptors (Lipinski definition) is 7. The van der Waals surface area contributed by atoms with Crippen LogP contribution in [-0.4, -0.2) is 57.0 Å². The van der Waals surface area contributed by atoms with Crippen molar-refractivity contribution in [1.29, 1.82) is 0 Å². The molecule has 0 bridgehead atoms. The average Bonchev–Trinajstić information content (AvgIpc) is 2.79. The van der Waals surface area contributed by atoms with Gasteiger partial charge in [-0.05, 0) is 19.1 Å². The number of benzene rings is 1. The maximum absolute atomic E-state index is 12.3. The molecule has 1 fully saturated rings. The van der Waals surface area contributed by atoms with Crippen molar-refractivity contribution in [3.8, 4) is 0 Å². The number of imide groups is 1. The Morgan fingerprint density at radius 2 is 1.61 bits per heavy atom. The number of thioether (sulfide) groups is 2. The zero-order valence-corrected chi connectivity index (χ0v) is 14.2. The van der Waals surface area contributed by atoms with E-state index in [1.807, 2.05) is 4.90 Å². The maximum Gasteiger partial charge on any atom is 0.349 e. The van der Waals surface area contributed by atoms with Gasteiger partial charge in [-0.2, -0.15) is 0 Å². The third kappa shape index (κ3) is 3.24. The fraction of sp³-hybridized carbons (Fsp3) is 0.400. The van der Waals surface area contributed by atoms with Crippen molar-refractivity contribution in [2.75, 3.05) is 23.3 Å². The number of hydroxylamine groups is 2. The van der Waals surface area contributed by atoms with Crippen LogP contribution >= 0.6 is 23.5 Å². The second kappa shape index (κ2) is 6.94. The Hall–Kier alpha value is -1.51. The molecule has 0 saturated carbocycles. The molecule has 1 aromatic carbocycles. The van der Waals surface area contributed by atoms with Gasteiger partial charge in [0, 0.05) is 23.3 Å². The Kier molecular flexibility index (Phi) is 4.93. The Morgan fingerprint density at radius 1 is 1.09 bits per heavy atom. The van der Waals surface area contributed by atoms with Gasteiger partial charge in [0.1, 0.15) is 6.04 Å². The number of amides is 2. The van der Waals surface area contributed by atoms with E-state index in [1.54, 1.807) is 54.7 Å². The van der Waals surface area contributed by atoms with Crippen LogP contribution in [0.1, 0.15) is 27.6 Å². The summed E-state index contributed by atoms with van der Waals surface area (Å²) in [6, 6.07) is 5.93. The van der Waals surface area contributed by atoms with Crippen LogP contribution < -0.4 is 0 Å². The first-order valence-corrected chi connectivity index (χ1v) is 9.49. The SMILES string of the molecule is CC(C(=O)ON1C(=O)c2ccccc2C1=O)N1CSCCSC1. The highest BCUT2D eigenvalue weighted by Gasteiger charge is 2.39. The molecule has 8 heteroatoms. The standard InChI is InChI=1S/C15H16N2O4S2/c1-10(16-8-22-6-7-23-9-16)15(20)21-17-13(18)11-4-2-3-5-12(11)14(17)19/h2-5,10H,6-9H2,1H3. The lowest BCUT2D eigenvalue weighted by Crippen LogP contribution is -2.43. The molecular formula is C15H16N2O4S2. The van der Waals surface area contributed by atoms with Gasteiger partial charge in [-0.25, -0.2) is 4.79 Å². The molecule has 1 atom stereocenters. The summed E-state index contributed by atoms with van der Waals surface area (Å²) in [6.07, 6.45) is 0. The van der Waals surface area contributed by atoms with Crippen molar-refractivity contribution in [2.24, 2.45) is 0 Å². The number of nitrogens with zero attached hydrogens (tertiary/aromatic N) is 2. The van der Waals surface area contributed by atoms with Gasteiger partial charge in [-0.1, -0.05) is 17.2 Å². The van der Waals surface area contributed by atoms with Gasteiger partial charge in [0.25, 0.3) is 11.8 Å². The number of carbonyl (C=O) groups excluding carboxylic acids is 3. The normalized spacial score (nSPS) is 20.1. The zero-order valence-electron chi connectivity index (χ0n) is 12.6. The molecule has 0 aliphatic carbocycles. The molecule has 3 rings (SSSR count). The summed E-state index contributed by atoms with van der Waals surface area (Å²) in [5.41, 5.74) is 0.526. The van der Waals surface area contributed by atoms with E-state index in [0.29, 0.717) is 5.06 Å². The second-order valence-electron chi connectivity index (χ2n) is 5.20. The van der Waals surface area contributed by atoms with Crippen LogP contribution in [0.2, 0.25) is 0 Å². The van der Waals surface area contributed by atoms with Crippen LogP contribution in [-0.2, 0) is 9.63 Å². The van der Waals surface area contributed by atoms with Crippen molar-refractivity contribution in [3.05, 3.63) is 35.4 Å². The summed E-state index contributed by atoms with van der Waals surface area (Å²) in [7, 11) is 0. The van der Waals surface area contributed by atoms with Crippen molar-refractivity contribution in [3.63, 3.8) is 0 Å². The minimum Gasteiger partial charge on any atom is -0.328 e. The van der Waals surface area contributed by atoms with Gasteiger partial charge in [-0.15, -0.1) is 23.5 Å². The van der Waals surface area contributed by atoms with E-state index >= 15 is 0 Å². The third-order valence-electron chi connectivity index (χ3n) is 3.71. The van der Waals surface area contributed by atoms with Gasteiger partial charge >= 0.3 is 5.97 Å². The van der Waals surface area contributed by atoms with Crippen molar-refractivity contribution < 1.29 is 19.2 Å². The molecule has 2 amide bonds. The quantitative estimate of drug-likeness (QED) is 0.769. The van der Waals surface area contributed by atoms with Crippen LogP contribution in [0.15, 0.2) is 24.3 Å². The minimum absolute atomic E-state index is 0.263. The summed E-state index contributed by atoms with van der Waals surface area (Å²) >= 11 is 3.51. The second-order valence-corrected chi connectivity index (χ2v) is 7.35. The van der Waals surface area contributed by atoms with Gasteiger partial charge in [0.2, 0.25) is 0 Å². The summed E-state index contributed by atoms with van der Waals surface area (Å²) < 4.78 is 0. The minimum atomic E-state index is -0.595. The van der Waals surface area contributed by atoms with Crippen LogP contribution in [0.3, 0.4) is 0 Å². The molecule has 0 aromatic heterocycles. The highest BCUT2D eigenvalue weighted by molar-refractivity contribution is 8.03. The van der Waals surface area contributed by atoms with E-state index in [9.17, 15) is 14.4 Å². The molecule has 1 saturated heterocycles. The third-order valence-corrected chi connectivity index (χ3v) is 5.99. The fourth-order valence-electron chi connectivity index (χ4n) is 2.31. The van der Waals surface area contributed by atoms with Crippen LogP contribution in [0.5, 0.6) is 0 Å². The van der Waals surface area contributed by atoms with E-state index in [2.05, 4.69) is 0 Å². The van der Waals surface area contributed by atoms with Crippen LogP contribution in [0, 0.1) is 0 Å². The maximum atomic E-state index is 12.3. The first-order valence-electron chi connectivity index (χ1n) is 7.19. The van der Waals surface area contributed by atoms with Gasteiger partial charge in [0.05, 0.1) is 11.1 Å². The fourth-order valence-corrected chi connectivity index (χ4v) is 4.72. The first-order chi connectivity index (χ1) is 11.1. The van der Waals surface area contributed by atoms with Crippen molar-refractivity contribution in [1.82, 2.24) is 9.96 Å². The van der Waals surface area contributed by atoms with Crippen molar-refractivity contribution in [2.45, 2.75) is 13.0 Å². The summed E-state index contributed by atoms with van der Waals surface area (Å²) in [4.78, 5) is 43.8. The van der Waals surface area contributed by atoms with E-state index in [0.717, 1.165) is 23.3 Å². The monoisotopic (exact) mass is 352 g/mol. The molecule has 2 heterocycles. The highest BCUT2D eigenvalue weighted by atomic mass is 32.2.